The maximum atomic E-state index is 12.5. The van der Waals surface area contributed by atoms with Crippen LogP contribution < -0.4 is 0 Å². The summed E-state index contributed by atoms with van der Waals surface area (Å²) in [6.45, 7) is 1.82. The number of hydrogen-bond donors (Lipinski definition) is 0. The first-order valence-electron chi connectivity index (χ1n) is 4.04. The Balaban J connectivity index is 2.79. The summed E-state index contributed by atoms with van der Waals surface area (Å²) in [5.74, 6) is 0. The maximum Gasteiger partial charge on any atom is 0.417 e. The smallest absolute Gasteiger partial charge is 0.166 e. The lowest BCUT2D eigenvalue weighted by Gasteiger charge is -2.07. The minimum atomic E-state index is -4.25. The maximum absolute atomic E-state index is 12.5. The zero-order valence-corrected chi connectivity index (χ0v) is 8.17. The highest BCUT2D eigenvalue weighted by Crippen LogP contribution is 2.38. The van der Waals surface area contributed by atoms with Crippen LogP contribution in [0.3, 0.4) is 0 Å². The van der Waals surface area contributed by atoms with Crippen molar-refractivity contribution in [1.82, 2.24) is 0 Å². The van der Waals surface area contributed by atoms with E-state index in [2.05, 4.69) is 0 Å². The Morgan fingerprint density at radius 3 is 2.57 bits per heavy atom. The topological polar surface area (TPSA) is 0 Å². The monoisotopic (exact) mass is 216 g/mol. The highest BCUT2D eigenvalue weighted by Gasteiger charge is 2.32. The van der Waals surface area contributed by atoms with Gasteiger partial charge in [0.1, 0.15) is 0 Å². The van der Waals surface area contributed by atoms with Crippen LogP contribution in [0.25, 0.3) is 10.1 Å². The molecule has 4 heteroatoms. The number of aryl methyl sites for hydroxylation is 1. The predicted octanol–water partition coefficient (Wildman–Crippen LogP) is 4.23. The molecule has 0 saturated heterocycles. The average molecular weight is 216 g/mol. The van der Waals surface area contributed by atoms with Gasteiger partial charge in [0.05, 0.1) is 5.56 Å². The lowest BCUT2D eigenvalue weighted by molar-refractivity contribution is -0.136. The van der Waals surface area contributed by atoms with Gasteiger partial charge in [0.15, 0.2) is 0 Å². The molecular formula is C10H7F3S. The van der Waals surface area contributed by atoms with Gasteiger partial charge in [-0.1, -0.05) is 12.1 Å². The molecule has 0 aliphatic heterocycles. The first-order valence-corrected chi connectivity index (χ1v) is 4.92. The van der Waals surface area contributed by atoms with Crippen molar-refractivity contribution in [1.29, 1.82) is 0 Å². The van der Waals surface area contributed by atoms with Gasteiger partial charge in [0.25, 0.3) is 0 Å². The van der Waals surface area contributed by atoms with Crippen LogP contribution in [0.5, 0.6) is 0 Å². The van der Waals surface area contributed by atoms with Gasteiger partial charge in [-0.15, -0.1) is 11.3 Å². The van der Waals surface area contributed by atoms with E-state index < -0.39 is 11.7 Å². The van der Waals surface area contributed by atoms with Crippen LogP contribution in [-0.4, -0.2) is 0 Å². The lowest BCUT2D eigenvalue weighted by Crippen LogP contribution is -2.04. The first-order chi connectivity index (χ1) is 6.50. The van der Waals surface area contributed by atoms with Crippen LogP contribution in [0.2, 0.25) is 0 Å². The molecule has 74 valence electrons. The molecule has 14 heavy (non-hydrogen) atoms. The van der Waals surface area contributed by atoms with E-state index in [4.69, 9.17) is 0 Å². The molecule has 0 atom stereocenters. The van der Waals surface area contributed by atoms with Crippen LogP contribution >= 0.6 is 11.3 Å². The van der Waals surface area contributed by atoms with E-state index >= 15 is 0 Å². The van der Waals surface area contributed by atoms with Crippen LogP contribution in [0.1, 0.15) is 11.1 Å². The van der Waals surface area contributed by atoms with Crippen molar-refractivity contribution in [2.24, 2.45) is 0 Å². The molecule has 0 aliphatic rings. The van der Waals surface area contributed by atoms with Crippen molar-refractivity contribution in [2.45, 2.75) is 13.1 Å². The van der Waals surface area contributed by atoms with Crippen LogP contribution in [-0.2, 0) is 6.18 Å². The first kappa shape index (κ1) is 9.52. The Morgan fingerprint density at radius 2 is 1.93 bits per heavy atom. The average Bonchev–Trinajstić information content (AvgIpc) is 2.46. The van der Waals surface area contributed by atoms with Gasteiger partial charge >= 0.3 is 6.18 Å². The molecule has 0 amide bonds. The highest BCUT2D eigenvalue weighted by molar-refractivity contribution is 7.17. The summed E-state index contributed by atoms with van der Waals surface area (Å²) in [5.41, 5.74) is 0.365. The Morgan fingerprint density at radius 1 is 1.21 bits per heavy atom. The third-order valence-corrected chi connectivity index (χ3v) is 3.25. The van der Waals surface area contributed by atoms with E-state index in [0.717, 1.165) is 23.0 Å². The number of benzene rings is 1. The molecule has 0 unspecified atom stereocenters. The molecule has 0 aliphatic carbocycles. The predicted molar refractivity (Wildman–Crippen MR) is 51.6 cm³/mol. The summed E-state index contributed by atoms with van der Waals surface area (Å²) in [6.07, 6.45) is -4.25. The second kappa shape index (κ2) is 2.98. The summed E-state index contributed by atoms with van der Waals surface area (Å²) >= 11 is 1.15. The largest absolute Gasteiger partial charge is 0.417 e. The lowest BCUT2D eigenvalue weighted by atomic mass is 10.1. The van der Waals surface area contributed by atoms with E-state index in [0.29, 0.717) is 10.1 Å². The number of alkyl halides is 3. The van der Waals surface area contributed by atoms with E-state index in [1.54, 1.807) is 11.4 Å². The number of hydrogen-bond acceptors (Lipinski definition) is 1. The minimum Gasteiger partial charge on any atom is -0.166 e. The van der Waals surface area contributed by atoms with E-state index in [1.165, 1.54) is 6.07 Å². The summed E-state index contributed by atoms with van der Waals surface area (Å²) < 4.78 is 37.9. The number of rotatable bonds is 0. The van der Waals surface area contributed by atoms with Gasteiger partial charge in [0, 0.05) is 4.70 Å². The molecule has 0 spiro atoms. The molecule has 0 saturated carbocycles. The highest BCUT2D eigenvalue weighted by atomic mass is 32.1. The third-order valence-electron chi connectivity index (χ3n) is 2.10. The van der Waals surface area contributed by atoms with Crippen LogP contribution in [0.15, 0.2) is 23.6 Å². The molecule has 1 aromatic heterocycles. The van der Waals surface area contributed by atoms with Crippen molar-refractivity contribution >= 4 is 21.4 Å². The zero-order valence-electron chi connectivity index (χ0n) is 7.35. The number of thiophene rings is 1. The molecule has 1 aromatic carbocycles. The molecule has 1 heterocycles. The van der Waals surface area contributed by atoms with Crippen molar-refractivity contribution in [3.8, 4) is 0 Å². The van der Waals surface area contributed by atoms with Crippen LogP contribution in [0, 0.1) is 6.92 Å². The fourth-order valence-corrected chi connectivity index (χ4v) is 2.50. The summed E-state index contributed by atoms with van der Waals surface area (Å²) in [4.78, 5) is 0. The Hall–Kier alpha value is -1.03. The van der Waals surface area contributed by atoms with Gasteiger partial charge in [-0.2, -0.15) is 13.2 Å². The second-order valence-electron chi connectivity index (χ2n) is 3.10. The second-order valence-corrected chi connectivity index (χ2v) is 3.98. The standard InChI is InChI=1S/C10H7F3S/c1-6-5-14-9-7(6)3-2-4-8(9)10(11,12)13/h2-5H,1H3. The molecule has 0 radical (unpaired) electrons. The summed E-state index contributed by atoms with van der Waals surface area (Å²) in [7, 11) is 0. The number of fused-ring (bicyclic) bond motifs is 1. The van der Waals surface area contributed by atoms with E-state index in [1.807, 2.05) is 6.92 Å². The molecule has 2 rings (SSSR count). The Labute approximate surface area is 83.0 Å². The van der Waals surface area contributed by atoms with Gasteiger partial charge in [-0.3, -0.25) is 0 Å². The van der Waals surface area contributed by atoms with Crippen molar-refractivity contribution in [3.05, 3.63) is 34.7 Å². The van der Waals surface area contributed by atoms with Crippen molar-refractivity contribution < 1.29 is 13.2 Å². The molecule has 0 N–H and O–H groups in total. The minimum absolute atomic E-state index is 0.331. The van der Waals surface area contributed by atoms with Gasteiger partial charge in [-0.05, 0) is 29.3 Å². The number of halogens is 3. The summed E-state index contributed by atoms with van der Waals surface area (Å²) in [6, 6.07) is 4.29. The zero-order chi connectivity index (χ0) is 10.3. The molecule has 0 fully saturated rings. The van der Waals surface area contributed by atoms with E-state index in [-0.39, 0.29) is 0 Å². The molecular weight excluding hydrogens is 209 g/mol. The SMILES string of the molecule is Cc1csc2c(C(F)(F)F)cccc12. The molecule has 0 nitrogen and oxygen atoms in total. The molecule has 2 aromatic rings. The van der Waals surface area contributed by atoms with Crippen molar-refractivity contribution in [2.75, 3.05) is 0 Å². The quantitative estimate of drug-likeness (QED) is 0.618. The Kier molecular flexibility index (Phi) is 2.03. The normalized spacial score (nSPS) is 12.3. The van der Waals surface area contributed by atoms with Gasteiger partial charge < -0.3 is 0 Å². The van der Waals surface area contributed by atoms with Crippen molar-refractivity contribution in [3.63, 3.8) is 0 Å². The molecule has 0 bridgehead atoms. The van der Waals surface area contributed by atoms with Gasteiger partial charge in [0.2, 0.25) is 0 Å². The Bertz CT molecular complexity index is 468. The van der Waals surface area contributed by atoms with Crippen LogP contribution in [0.4, 0.5) is 13.2 Å². The van der Waals surface area contributed by atoms with Gasteiger partial charge in [-0.25, -0.2) is 0 Å². The van der Waals surface area contributed by atoms with E-state index in [9.17, 15) is 13.2 Å². The fourth-order valence-electron chi connectivity index (χ4n) is 1.41. The fraction of sp³-hybridized carbons (Fsp3) is 0.200. The summed E-state index contributed by atoms with van der Waals surface area (Å²) in [5, 5.41) is 2.45. The third kappa shape index (κ3) is 1.39.